The number of hydrogen-bond donors (Lipinski definition) is 2. The van der Waals surface area contributed by atoms with Crippen molar-refractivity contribution in [3.8, 4) is 0 Å². The van der Waals surface area contributed by atoms with Gasteiger partial charge in [-0.15, -0.1) is 11.3 Å². The largest absolute Gasteiger partial charge is 0.325 e. The third-order valence-electron chi connectivity index (χ3n) is 5.86. The van der Waals surface area contributed by atoms with Crippen molar-refractivity contribution in [2.24, 2.45) is 0 Å². The Labute approximate surface area is 200 Å². The standard InChI is InChI=1S/C26H22N4O3S/c1-26(18-7-3-2-4-8-18)24(32)30(25(33)29-26)16-22(31)27-19-13-11-17(12-14-19)15-23-28-20-9-5-6-10-21(20)34-23/h2-14H,15-16H2,1H3,(H,27,31)(H,29,33). The fourth-order valence-electron chi connectivity index (χ4n) is 4.03. The Morgan fingerprint density at radius 2 is 1.71 bits per heavy atom. The van der Waals surface area contributed by atoms with Crippen molar-refractivity contribution in [1.29, 1.82) is 0 Å². The molecule has 1 unspecified atom stereocenters. The van der Waals surface area contributed by atoms with Gasteiger partial charge < -0.3 is 10.6 Å². The number of thiazole rings is 1. The van der Waals surface area contributed by atoms with Gasteiger partial charge in [-0.25, -0.2) is 9.78 Å². The number of urea groups is 1. The van der Waals surface area contributed by atoms with E-state index in [4.69, 9.17) is 0 Å². The Balaban J connectivity index is 1.21. The number of rotatable bonds is 6. The van der Waals surface area contributed by atoms with Gasteiger partial charge in [0.05, 0.1) is 15.2 Å². The van der Waals surface area contributed by atoms with Crippen LogP contribution in [-0.2, 0) is 21.5 Å². The number of nitrogens with zero attached hydrogens (tertiary/aromatic N) is 2. The molecule has 4 aromatic rings. The third kappa shape index (κ3) is 4.15. The Hall–Kier alpha value is -4.04. The van der Waals surface area contributed by atoms with Crippen LogP contribution in [0.5, 0.6) is 0 Å². The second kappa shape index (κ2) is 8.72. The molecule has 34 heavy (non-hydrogen) atoms. The van der Waals surface area contributed by atoms with Crippen LogP contribution in [0.2, 0.25) is 0 Å². The maximum absolute atomic E-state index is 13.0. The number of para-hydroxylation sites is 1. The molecule has 0 aliphatic carbocycles. The summed E-state index contributed by atoms with van der Waals surface area (Å²) in [5.41, 5.74) is 2.14. The molecule has 1 atom stereocenters. The van der Waals surface area contributed by atoms with Crippen LogP contribution in [0.15, 0.2) is 78.9 Å². The first-order valence-electron chi connectivity index (χ1n) is 10.9. The summed E-state index contributed by atoms with van der Waals surface area (Å²) in [5, 5.41) is 6.50. The maximum atomic E-state index is 13.0. The van der Waals surface area contributed by atoms with Crippen LogP contribution in [0.4, 0.5) is 10.5 Å². The molecule has 0 saturated carbocycles. The van der Waals surface area contributed by atoms with E-state index in [9.17, 15) is 14.4 Å². The monoisotopic (exact) mass is 470 g/mol. The molecular weight excluding hydrogens is 448 g/mol. The van der Waals surface area contributed by atoms with Crippen molar-refractivity contribution < 1.29 is 14.4 Å². The van der Waals surface area contributed by atoms with Crippen molar-refractivity contribution in [2.45, 2.75) is 18.9 Å². The van der Waals surface area contributed by atoms with Crippen molar-refractivity contribution in [1.82, 2.24) is 15.2 Å². The highest BCUT2D eigenvalue weighted by Gasteiger charge is 2.49. The van der Waals surface area contributed by atoms with Crippen LogP contribution in [0.1, 0.15) is 23.1 Å². The first kappa shape index (κ1) is 21.8. The van der Waals surface area contributed by atoms with E-state index in [1.165, 1.54) is 0 Å². The van der Waals surface area contributed by atoms with Gasteiger partial charge in [-0.1, -0.05) is 54.6 Å². The van der Waals surface area contributed by atoms with Crippen LogP contribution in [0, 0.1) is 0 Å². The second-order valence-electron chi connectivity index (χ2n) is 8.31. The SMILES string of the molecule is CC1(c2ccccc2)NC(=O)N(CC(=O)Nc2ccc(Cc3nc4ccccc4s3)cc2)C1=O. The molecule has 3 aromatic carbocycles. The lowest BCUT2D eigenvalue weighted by Crippen LogP contribution is -2.42. The van der Waals surface area contributed by atoms with E-state index in [-0.39, 0.29) is 6.54 Å². The topological polar surface area (TPSA) is 91.4 Å². The average molecular weight is 471 g/mol. The van der Waals surface area contributed by atoms with Crippen LogP contribution < -0.4 is 10.6 Å². The summed E-state index contributed by atoms with van der Waals surface area (Å²) in [6, 6.07) is 23.9. The number of hydrogen-bond acceptors (Lipinski definition) is 5. The fourth-order valence-corrected chi connectivity index (χ4v) is 5.03. The number of imide groups is 1. The summed E-state index contributed by atoms with van der Waals surface area (Å²) < 4.78 is 1.16. The van der Waals surface area contributed by atoms with Gasteiger partial charge in [-0.05, 0) is 42.3 Å². The lowest BCUT2D eigenvalue weighted by Gasteiger charge is -2.22. The normalized spacial score (nSPS) is 17.7. The zero-order valence-corrected chi connectivity index (χ0v) is 19.3. The molecule has 7 nitrogen and oxygen atoms in total. The highest BCUT2D eigenvalue weighted by molar-refractivity contribution is 7.18. The Morgan fingerprint density at radius 1 is 1.00 bits per heavy atom. The average Bonchev–Trinajstić information content (AvgIpc) is 3.34. The fraction of sp³-hybridized carbons (Fsp3) is 0.154. The number of aromatic nitrogens is 1. The summed E-state index contributed by atoms with van der Waals surface area (Å²) in [7, 11) is 0. The molecule has 1 fully saturated rings. The minimum absolute atomic E-state index is 0.361. The van der Waals surface area contributed by atoms with E-state index >= 15 is 0 Å². The maximum Gasteiger partial charge on any atom is 0.325 e. The molecule has 4 amide bonds. The van der Waals surface area contributed by atoms with Crippen molar-refractivity contribution in [3.63, 3.8) is 0 Å². The summed E-state index contributed by atoms with van der Waals surface area (Å²) in [5.74, 6) is -0.898. The van der Waals surface area contributed by atoms with Crippen LogP contribution in [0.25, 0.3) is 10.2 Å². The van der Waals surface area contributed by atoms with Crippen molar-refractivity contribution >= 4 is 45.1 Å². The number of anilines is 1. The molecule has 5 rings (SSSR count). The van der Waals surface area contributed by atoms with E-state index in [1.54, 1.807) is 54.7 Å². The molecule has 1 aromatic heterocycles. The van der Waals surface area contributed by atoms with Crippen LogP contribution in [0.3, 0.4) is 0 Å². The number of benzene rings is 3. The molecule has 2 N–H and O–H groups in total. The predicted octanol–water partition coefficient (Wildman–Crippen LogP) is 4.29. The van der Waals surface area contributed by atoms with Crippen molar-refractivity contribution in [2.75, 3.05) is 11.9 Å². The molecule has 0 spiro atoms. The molecule has 2 heterocycles. The lowest BCUT2D eigenvalue weighted by atomic mass is 9.92. The smallest absolute Gasteiger partial charge is 0.325 e. The predicted molar refractivity (Wildman–Crippen MR) is 132 cm³/mol. The molecule has 1 aliphatic heterocycles. The first-order chi connectivity index (χ1) is 16.4. The summed E-state index contributed by atoms with van der Waals surface area (Å²) >= 11 is 1.67. The van der Waals surface area contributed by atoms with E-state index < -0.39 is 23.4 Å². The summed E-state index contributed by atoms with van der Waals surface area (Å²) in [6.45, 7) is 1.28. The zero-order chi connectivity index (χ0) is 23.7. The highest BCUT2D eigenvalue weighted by Crippen LogP contribution is 2.28. The zero-order valence-electron chi connectivity index (χ0n) is 18.4. The van der Waals surface area contributed by atoms with Gasteiger partial charge in [0.25, 0.3) is 5.91 Å². The molecule has 1 aliphatic rings. The number of carbonyl (C=O) groups is 3. The highest BCUT2D eigenvalue weighted by atomic mass is 32.1. The van der Waals surface area contributed by atoms with Crippen molar-refractivity contribution in [3.05, 3.63) is 95.0 Å². The first-order valence-corrected chi connectivity index (χ1v) is 11.7. The molecule has 8 heteroatoms. The van der Waals surface area contributed by atoms with Crippen LogP contribution >= 0.6 is 11.3 Å². The van der Waals surface area contributed by atoms with Gasteiger partial charge in [-0.3, -0.25) is 14.5 Å². The molecule has 170 valence electrons. The number of fused-ring (bicyclic) bond motifs is 1. The summed E-state index contributed by atoms with van der Waals surface area (Å²) in [4.78, 5) is 43.6. The van der Waals surface area contributed by atoms with Gasteiger partial charge in [0.2, 0.25) is 5.91 Å². The number of carbonyl (C=O) groups excluding carboxylic acids is 3. The van der Waals surface area contributed by atoms with E-state index in [0.29, 0.717) is 17.7 Å². The molecule has 0 radical (unpaired) electrons. The van der Waals surface area contributed by atoms with Gasteiger partial charge in [-0.2, -0.15) is 0 Å². The third-order valence-corrected chi connectivity index (χ3v) is 6.90. The summed E-state index contributed by atoms with van der Waals surface area (Å²) in [6.07, 6.45) is 0.702. The Morgan fingerprint density at radius 3 is 2.44 bits per heavy atom. The van der Waals surface area contributed by atoms with E-state index in [0.717, 1.165) is 25.7 Å². The van der Waals surface area contributed by atoms with Gasteiger partial charge in [0.1, 0.15) is 12.1 Å². The molecule has 1 saturated heterocycles. The number of amides is 4. The molecule has 0 bridgehead atoms. The molecular formula is C26H22N4O3S. The van der Waals surface area contributed by atoms with Crippen LogP contribution in [-0.4, -0.2) is 34.3 Å². The minimum atomic E-state index is -1.19. The second-order valence-corrected chi connectivity index (χ2v) is 9.42. The number of nitrogens with one attached hydrogen (secondary N) is 2. The Bertz CT molecular complexity index is 1350. The Kier molecular flexibility index (Phi) is 5.59. The van der Waals surface area contributed by atoms with Gasteiger partial charge >= 0.3 is 6.03 Å². The lowest BCUT2D eigenvalue weighted by molar-refractivity contribution is -0.133. The van der Waals surface area contributed by atoms with Gasteiger partial charge in [0.15, 0.2) is 0 Å². The van der Waals surface area contributed by atoms with E-state index in [2.05, 4.69) is 21.7 Å². The quantitative estimate of drug-likeness (QED) is 0.411. The van der Waals surface area contributed by atoms with Gasteiger partial charge in [0, 0.05) is 12.1 Å². The minimum Gasteiger partial charge on any atom is -0.325 e. The van der Waals surface area contributed by atoms with E-state index in [1.807, 2.05) is 36.4 Å².